The molecule has 3 unspecified atom stereocenters. The highest BCUT2D eigenvalue weighted by atomic mass is 35.5. The van der Waals surface area contributed by atoms with Crippen LogP contribution in [-0.2, 0) is 16.1 Å². The molecule has 3 atom stereocenters. The van der Waals surface area contributed by atoms with Crippen molar-refractivity contribution in [2.45, 2.75) is 42.7 Å². The number of carbonyl (C=O) groups is 3. The number of allylic oxidation sites excluding steroid dienone is 1. The van der Waals surface area contributed by atoms with E-state index >= 15 is 0 Å². The van der Waals surface area contributed by atoms with E-state index in [-0.39, 0.29) is 59.3 Å². The minimum atomic E-state index is -2.03. The molecule has 0 radical (unpaired) electrons. The number of halogens is 2. The third kappa shape index (κ3) is 6.17. The summed E-state index contributed by atoms with van der Waals surface area (Å²) in [4.78, 5) is 70.3. The van der Waals surface area contributed by atoms with Gasteiger partial charge in [-0.1, -0.05) is 42.3 Å². The van der Waals surface area contributed by atoms with Gasteiger partial charge in [0.1, 0.15) is 22.1 Å². The quantitative estimate of drug-likeness (QED) is 0.140. The molecular formula is C36H33Cl2N3O9S. The Morgan fingerprint density at radius 2 is 1.80 bits per heavy atom. The lowest BCUT2D eigenvalue weighted by Gasteiger charge is -2.38. The SMILES string of the molecule is COc1cc(OC)c2c(c1Cl)OC1(C2=O)C(O)=C(C(CC(=O)NCCn2c(=O)c(=O)[nH]c3cc(Cl)ccc32)c2ccc(SC)cc2)C(=O)CC1C. The second-order valence-electron chi connectivity index (χ2n) is 12.2. The standard InChI is InChI=1S/C36H33Cl2N3O9S/c1-17-13-24(42)28(32(44)36(17)33(45)29-25(48-2)16-26(49-3)30(38)31(29)50-36)21(18-5-8-20(51-4)9-6-18)15-27(43)39-11-12-41-23-10-7-19(37)14-22(23)40-34(46)35(41)47/h5-10,14,16-17,21,44H,11-13,15H2,1-4H3,(H,39,43)(H,40,46). The van der Waals surface area contributed by atoms with Gasteiger partial charge in [-0.3, -0.25) is 24.0 Å². The second-order valence-corrected chi connectivity index (χ2v) is 13.9. The van der Waals surface area contributed by atoms with Crippen molar-refractivity contribution in [2.24, 2.45) is 5.92 Å². The topological polar surface area (TPSA) is 166 Å². The fourth-order valence-corrected chi connectivity index (χ4v) is 7.64. The number of thioether (sulfide) groups is 1. The van der Waals surface area contributed by atoms with Gasteiger partial charge >= 0.3 is 11.1 Å². The number of carbonyl (C=O) groups excluding carboxylic acids is 3. The molecule has 6 rings (SSSR count). The average Bonchev–Trinajstić information content (AvgIpc) is 3.43. The zero-order valence-electron chi connectivity index (χ0n) is 27.9. The van der Waals surface area contributed by atoms with E-state index < -0.39 is 51.8 Å². The Balaban J connectivity index is 1.37. The van der Waals surface area contributed by atoms with Crippen molar-refractivity contribution in [2.75, 3.05) is 27.0 Å². The van der Waals surface area contributed by atoms with E-state index in [4.69, 9.17) is 37.4 Å². The number of ether oxygens (including phenoxy) is 3. The molecule has 0 saturated carbocycles. The Kier molecular flexibility index (Phi) is 9.99. The second kappa shape index (κ2) is 14.1. The Bertz CT molecular complexity index is 2250. The summed E-state index contributed by atoms with van der Waals surface area (Å²) < 4.78 is 18.4. The van der Waals surface area contributed by atoms with Gasteiger partial charge in [-0.15, -0.1) is 11.8 Å². The Hall–Kier alpha value is -4.72. The average molecular weight is 755 g/mol. The highest BCUT2D eigenvalue weighted by molar-refractivity contribution is 7.98. The molecule has 1 amide bonds. The van der Waals surface area contributed by atoms with E-state index in [0.29, 0.717) is 21.6 Å². The number of benzene rings is 3. The summed E-state index contributed by atoms with van der Waals surface area (Å²) in [6, 6.07) is 13.3. The third-order valence-corrected chi connectivity index (χ3v) is 10.7. The summed E-state index contributed by atoms with van der Waals surface area (Å²) in [5, 5.41) is 15.2. The first-order valence-corrected chi connectivity index (χ1v) is 17.8. The predicted octanol–water partition coefficient (Wildman–Crippen LogP) is 5.46. The maximum absolute atomic E-state index is 14.3. The molecular weight excluding hydrogens is 721 g/mol. The smallest absolute Gasteiger partial charge is 0.316 e. The monoisotopic (exact) mass is 753 g/mol. The zero-order valence-corrected chi connectivity index (χ0v) is 30.3. The van der Waals surface area contributed by atoms with Gasteiger partial charge in [0.15, 0.2) is 17.3 Å². The maximum Gasteiger partial charge on any atom is 0.316 e. The normalized spacial score (nSPS) is 18.9. The maximum atomic E-state index is 14.3. The van der Waals surface area contributed by atoms with Crippen LogP contribution in [0, 0.1) is 5.92 Å². The molecule has 1 aliphatic heterocycles. The number of amides is 1. The van der Waals surface area contributed by atoms with Crippen LogP contribution in [-0.4, -0.2) is 64.8 Å². The van der Waals surface area contributed by atoms with Crippen LogP contribution in [0.1, 0.15) is 41.6 Å². The van der Waals surface area contributed by atoms with E-state index in [1.54, 1.807) is 31.2 Å². The number of aromatic amines is 1. The number of nitrogens with zero attached hydrogens (tertiary/aromatic N) is 1. The summed E-state index contributed by atoms with van der Waals surface area (Å²) >= 11 is 14.2. The van der Waals surface area contributed by atoms with Crippen molar-refractivity contribution < 1.29 is 33.7 Å². The van der Waals surface area contributed by atoms with Crippen molar-refractivity contribution in [3.63, 3.8) is 0 Å². The fraction of sp³-hybridized carbons (Fsp3) is 0.306. The third-order valence-electron chi connectivity index (χ3n) is 9.36. The van der Waals surface area contributed by atoms with Crippen LogP contribution in [0.25, 0.3) is 11.0 Å². The number of aliphatic hydroxyl groups excluding tert-OH is 1. The summed E-state index contributed by atoms with van der Waals surface area (Å²) in [5.74, 6) is -3.82. The van der Waals surface area contributed by atoms with Gasteiger partial charge in [0, 0.05) is 59.3 Å². The number of nitrogens with one attached hydrogen (secondary N) is 2. The molecule has 2 heterocycles. The lowest BCUT2D eigenvalue weighted by Crippen LogP contribution is -2.53. The molecule has 0 fully saturated rings. The molecule has 1 aromatic heterocycles. The highest BCUT2D eigenvalue weighted by Crippen LogP contribution is 2.55. The first-order chi connectivity index (χ1) is 24.4. The van der Waals surface area contributed by atoms with Gasteiger partial charge in [-0.2, -0.15) is 0 Å². The zero-order chi connectivity index (χ0) is 36.8. The lowest BCUT2D eigenvalue weighted by molar-refractivity contribution is -0.121. The number of Topliss-reactive ketones (excluding diaryl/α,β-unsaturated/α-hetero) is 2. The number of hydrogen-bond acceptors (Lipinski definition) is 10. The van der Waals surface area contributed by atoms with Crippen molar-refractivity contribution in [1.82, 2.24) is 14.9 Å². The minimum Gasteiger partial charge on any atom is -0.507 e. The van der Waals surface area contributed by atoms with Crippen LogP contribution in [0.5, 0.6) is 17.2 Å². The van der Waals surface area contributed by atoms with Crippen molar-refractivity contribution >= 4 is 63.5 Å². The number of hydrogen-bond donors (Lipinski definition) is 3. The van der Waals surface area contributed by atoms with E-state index in [2.05, 4.69) is 10.3 Å². The van der Waals surface area contributed by atoms with E-state index in [9.17, 15) is 29.1 Å². The summed E-state index contributed by atoms with van der Waals surface area (Å²) in [6.45, 7) is 1.53. The largest absolute Gasteiger partial charge is 0.507 e. The van der Waals surface area contributed by atoms with Gasteiger partial charge in [0.2, 0.25) is 17.3 Å². The number of aromatic nitrogens is 2. The Morgan fingerprint density at radius 3 is 2.47 bits per heavy atom. The minimum absolute atomic E-state index is 0.00111. The molecule has 3 aromatic carbocycles. The Morgan fingerprint density at radius 1 is 1.10 bits per heavy atom. The molecule has 4 aromatic rings. The van der Waals surface area contributed by atoms with Gasteiger partial charge in [0.05, 0.1) is 25.3 Å². The van der Waals surface area contributed by atoms with Crippen molar-refractivity contribution in [3.8, 4) is 17.2 Å². The summed E-state index contributed by atoms with van der Waals surface area (Å²) in [5.41, 5.74) is -2.50. The molecule has 0 bridgehead atoms. The summed E-state index contributed by atoms with van der Waals surface area (Å²) in [6.07, 6.45) is 1.41. The van der Waals surface area contributed by atoms with Crippen LogP contribution >= 0.6 is 35.0 Å². The first-order valence-electron chi connectivity index (χ1n) is 15.8. The number of fused-ring (bicyclic) bond motifs is 2. The number of rotatable bonds is 10. The van der Waals surface area contributed by atoms with Gasteiger partial charge in [0.25, 0.3) is 0 Å². The fourth-order valence-electron chi connectivity index (χ4n) is 6.80. The Labute approximate surface area is 305 Å². The molecule has 0 saturated heterocycles. The van der Waals surface area contributed by atoms with Crippen LogP contribution in [0.15, 0.2) is 74.3 Å². The van der Waals surface area contributed by atoms with Crippen molar-refractivity contribution in [1.29, 1.82) is 0 Å². The molecule has 1 spiro atoms. The predicted molar refractivity (Wildman–Crippen MR) is 193 cm³/mol. The number of H-pyrrole nitrogens is 1. The van der Waals surface area contributed by atoms with Gasteiger partial charge < -0.3 is 34.2 Å². The molecule has 266 valence electrons. The van der Waals surface area contributed by atoms with E-state index in [0.717, 1.165) is 4.90 Å². The first kappa shape index (κ1) is 36.1. The van der Waals surface area contributed by atoms with Crippen LogP contribution < -0.4 is 30.6 Å². The number of methoxy groups -OCH3 is 2. The molecule has 3 N–H and O–H groups in total. The number of ketones is 2. The van der Waals surface area contributed by atoms with E-state index in [1.165, 1.54) is 42.7 Å². The lowest BCUT2D eigenvalue weighted by atomic mass is 9.69. The molecule has 15 heteroatoms. The van der Waals surface area contributed by atoms with Crippen LogP contribution in [0.4, 0.5) is 0 Å². The van der Waals surface area contributed by atoms with Gasteiger partial charge in [-0.05, 0) is 42.2 Å². The van der Waals surface area contributed by atoms with Crippen molar-refractivity contribution in [3.05, 3.63) is 102 Å². The van der Waals surface area contributed by atoms with Gasteiger partial charge in [-0.25, -0.2) is 0 Å². The molecule has 1 aliphatic carbocycles. The molecule has 51 heavy (non-hydrogen) atoms. The van der Waals surface area contributed by atoms with Crippen LogP contribution in [0.2, 0.25) is 10.0 Å². The molecule has 12 nitrogen and oxygen atoms in total. The number of aliphatic hydroxyl groups is 1. The van der Waals surface area contributed by atoms with E-state index in [1.807, 2.05) is 18.4 Å². The summed E-state index contributed by atoms with van der Waals surface area (Å²) in [7, 11) is 2.76. The van der Waals surface area contributed by atoms with Crippen LogP contribution in [0.3, 0.4) is 0 Å². The highest BCUT2D eigenvalue weighted by Gasteiger charge is 2.61. The molecule has 2 aliphatic rings.